The molecule has 88 valence electrons. The summed E-state index contributed by atoms with van der Waals surface area (Å²) in [4.78, 5) is 14.2. The third-order valence-electron chi connectivity index (χ3n) is 3.47. The van der Waals surface area contributed by atoms with Crippen LogP contribution in [0.2, 0.25) is 0 Å². The number of carbonyl (C=O) groups is 1. The number of nitrogens with zero attached hydrogens (tertiary/aromatic N) is 1. The summed E-state index contributed by atoms with van der Waals surface area (Å²) >= 11 is 0. The zero-order valence-corrected chi connectivity index (χ0v) is 10.2. The predicted octanol–water partition coefficient (Wildman–Crippen LogP) is 2.20. The lowest BCUT2D eigenvalue weighted by Crippen LogP contribution is -2.48. The highest BCUT2D eigenvalue weighted by Gasteiger charge is 2.34. The number of rotatable bonds is 3. The topological polar surface area (TPSA) is 29.5 Å². The molecule has 1 aliphatic rings. The molecule has 0 aliphatic carbocycles. The van der Waals surface area contributed by atoms with Crippen molar-refractivity contribution in [2.45, 2.75) is 51.6 Å². The molecule has 15 heavy (non-hydrogen) atoms. The van der Waals surface area contributed by atoms with Crippen LogP contribution in [0.25, 0.3) is 0 Å². The van der Waals surface area contributed by atoms with Crippen molar-refractivity contribution < 1.29 is 9.53 Å². The Bertz CT molecular complexity index is 204. The van der Waals surface area contributed by atoms with E-state index in [1.165, 1.54) is 12.8 Å². The highest BCUT2D eigenvalue weighted by Crippen LogP contribution is 2.20. The molecule has 0 bridgehead atoms. The third kappa shape index (κ3) is 2.94. The Morgan fingerprint density at radius 2 is 1.80 bits per heavy atom. The van der Waals surface area contributed by atoms with Crippen molar-refractivity contribution in [3.05, 3.63) is 0 Å². The van der Waals surface area contributed by atoms with Crippen LogP contribution in [0.3, 0.4) is 0 Å². The summed E-state index contributed by atoms with van der Waals surface area (Å²) in [6.45, 7) is 5.69. The van der Waals surface area contributed by atoms with Crippen LogP contribution in [-0.2, 0) is 9.53 Å². The Balaban J connectivity index is 2.64. The van der Waals surface area contributed by atoms with E-state index in [1.807, 2.05) is 18.7 Å². The van der Waals surface area contributed by atoms with Gasteiger partial charge in [-0.2, -0.15) is 0 Å². The standard InChI is InChI=1S/C12H23NO2/c1-4-12(2,15-3)11(14)13-9-7-5-6-8-10-13/h4-10H2,1-3H3. The third-order valence-corrected chi connectivity index (χ3v) is 3.47. The number of carbonyl (C=O) groups excluding carboxylic acids is 1. The minimum Gasteiger partial charge on any atom is -0.369 e. The second-order valence-corrected chi connectivity index (χ2v) is 4.49. The molecule has 0 N–H and O–H groups in total. The molecule has 1 atom stereocenters. The predicted molar refractivity (Wildman–Crippen MR) is 60.8 cm³/mol. The van der Waals surface area contributed by atoms with Gasteiger partial charge in [-0.25, -0.2) is 0 Å². The first-order chi connectivity index (χ1) is 7.14. The van der Waals surface area contributed by atoms with Gasteiger partial charge in [-0.3, -0.25) is 4.79 Å². The molecule has 1 saturated heterocycles. The quantitative estimate of drug-likeness (QED) is 0.719. The average molecular weight is 213 g/mol. The molecule has 0 aromatic heterocycles. The van der Waals surface area contributed by atoms with E-state index in [0.717, 1.165) is 32.4 Å². The first kappa shape index (κ1) is 12.5. The van der Waals surface area contributed by atoms with E-state index in [0.29, 0.717) is 0 Å². The zero-order valence-electron chi connectivity index (χ0n) is 10.2. The molecule has 0 spiro atoms. The summed E-state index contributed by atoms with van der Waals surface area (Å²) in [5.74, 6) is 0.161. The van der Waals surface area contributed by atoms with Crippen LogP contribution >= 0.6 is 0 Å². The van der Waals surface area contributed by atoms with Gasteiger partial charge < -0.3 is 9.64 Å². The van der Waals surface area contributed by atoms with Crippen molar-refractivity contribution in [1.82, 2.24) is 4.90 Å². The fourth-order valence-corrected chi connectivity index (χ4v) is 1.99. The number of amides is 1. The van der Waals surface area contributed by atoms with Gasteiger partial charge in [0.05, 0.1) is 0 Å². The first-order valence-electron chi connectivity index (χ1n) is 5.98. The van der Waals surface area contributed by atoms with E-state index < -0.39 is 5.60 Å². The summed E-state index contributed by atoms with van der Waals surface area (Å²) in [6, 6.07) is 0. The van der Waals surface area contributed by atoms with Crippen molar-refractivity contribution in [3.8, 4) is 0 Å². The van der Waals surface area contributed by atoms with Gasteiger partial charge >= 0.3 is 0 Å². The van der Waals surface area contributed by atoms with E-state index in [1.54, 1.807) is 7.11 Å². The summed E-state index contributed by atoms with van der Waals surface area (Å²) in [7, 11) is 1.62. The smallest absolute Gasteiger partial charge is 0.254 e. The Morgan fingerprint density at radius 3 is 2.20 bits per heavy atom. The molecule has 1 fully saturated rings. The van der Waals surface area contributed by atoms with Gasteiger partial charge in [-0.15, -0.1) is 0 Å². The van der Waals surface area contributed by atoms with E-state index in [2.05, 4.69) is 0 Å². The molecular weight excluding hydrogens is 190 g/mol. The normalized spacial score (nSPS) is 21.9. The summed E-state index contributed by atoms with van der Waals surface area (Å²) in [6.07, 6.45) is 5.50. The van der Waals surface area contributed by atoms with Crippen molar-refractivity contribution in [2.24, 2.45) is 0 Å². The first-order valence-corrected chi connectivity index (χ1v) is 5.98. The SMILES string of the molecule is CCC(C)(OC)C(=O)N1CCCCCC1. The molecule has 0 radical (unpaired) electrons. The summed E-state index contributed by atoms with van der Waals surface area (Å²) in [5, 5.41) is 0. The molecule has 3 heteroatoms. The van der Waals surface area contributed by atoms with Crippen LogP contribution in [-0.4, -0.2) is 36.6 Å². The second kappa shape index (κ2) is 5.50. The van der Waals surface area contributed by atoms with Crippen LogP contribution in [0.5, 0.6) is 0 Å². The van der Waals surface area contributed by atoms with Crippen molar-refractivity contribution >= 4 is 5.91 Å². The fourth-order valence-electron chi connectivity index (χ4n) is 1.99. The number of hydrogen-bond donors (Lipinski definition) is 0. The molecule has 0 saturated carbocycles. The maximum atomic E-state index is 12.2. The maximum Gasteiger partial charge on any atom is 0.254 e. The highest BCUT2D eigenvalue weighted by atomic mass is 16.5. The van der Waals surface area contributed by atoms with Gasteiger partial charge in [0, 0.05) is 20.2 Å². The van der Waals surface area contributed by atoms with Crippen LogP contribution in [0, 0.1) is 0 Å². The van der Waals surface area contributed by atoms with Gasteiger partial charge in [-0.1, -0.05) is 19.8 Å². The number of methoxy groups -OCH3 is 1. The van der Waals surface area contributed by atoms with Crippen molar-refractivity contribution in [3.63, 3.8) is 0 Å². The van der Waals surface area contributed by atoms with E-state index in [9.17, 15) is 4.79 Å². The minimum atomic E-state index is -0.621. The van der Waals surface area contributed by atoms with Gasteiger partial charge in [0.25, 0.3) is 5.91 Å². The van der Waals surface area contributed by atoms with E-state index in [4.69, 9.17) is 4.74 Å². The van der Waals surface area contributed by atoms with E-state index >= 15 is 0 Å². The summed E-state index contributed by atoms with van der Waals surface area (Å²) in [5.41, 5.74) is -0.621. The average Bonchev–Trinajstić information content (AvgIpc) is 2.55. The molecule has 1 aliphatic heterocycles. The number of likely N-dealkylation sites (tertiary alicyclic amines) is 1. The van der Waals surface area contributed by atoms with Crippen LogP contribution < -0.4 is 0 Å². The molecule has 3 nitrogen and oxygen atoms in total. The van der Waals surface area contributed by atoms with Gasteiger partial charge in [0.15, 0.2) is 0 Å². The van der Waals surface area contributed by atoms with Gasteiger partial charge in [0.1, 0.15) is 5.60 Å². The lowest BCUT2D eigenvalue weighted by Gasteiger charge is -2.32. The summed E-state index contributed by atoms with van der Waals surface area (Å²) < 4.78 is 5.35. The second-order valence-electron chi connectivity index (χ2n) is 4.49. The lowest BCUT2D eigenvalue weighted by atomic mass is 10.0. The van der Waals surface area contributed by atoms with Crippen LogP contribution in [0.1, 0.15) is 46.0 Å². The van der Waals surface area contributed by atoms with Crippen molar-refractivity contribution in [2.75, 3.05) is 20.2 Å². The zero-order chi connectivity index (χ0) is 11.3. The number of ether oxygens (including phenoxy) is 1. The van der Waals surface area contributed by atoms with E-state index in [-0.39, 0.29) is 5.91 Å². The molecule has 1 unspecified atom stereocenters. The minimum absolute atomic E-state index is 0.161. The Labute approximate surface area is 92.8 Å². The van der Waals surface area contributed by atoms with Crippen molar-refractivity contribution in [1.29, 1.82) is 0 Å². The maximum absolute atomic E-state index is 12.2. The molecule has 1 rings (SSSR count). The molecule has 0 aromatic rings. The Kier molecular flexibility index (Phi) is 4.58. The Hall–Kier alpha value is -0.570. The van der Waals surface area contributed by atoms with Gasteiger partial charge in [-0.05, 0) is 26.2 Å². The molecule has 0 aromatic carbocycles. The molecule has 1 heterocycles. The number of hydrogen-bond acceptors (Lipinski definition) is 2. The lowest BCUT2D eigenvalue weighted by molar-refractivity contribution is -0.153. The molecule has 1 amide bonds. The fraction of sp³-hybridized carbons (Fsp3) is 0.917. The Morgan fingerprint density at radius 1 is 1.27 bits per heavy atom. The van der Waals surface area contributed by atoms with Crippen LogP contribution in [0.4, 0.5) is 0 Å². The van der Waals surface area contributed by atoms with Crippen LogP contribution in [0.15, 0.2) is 0 Å². The molecular formula is C12H23NO2. The van der Waals surface area contributed by atoms with Gasteiger partial charge in [0.2, 0.25) is 0 Å². The largest absolute Gasteiger partial charge is 0.369 e. The monoisotopic (exact) mass is 213 g/mol. The highest BCUT2D eigenvalue weighted by molar-refractivity contribution is 5.84.